The molecular formula is C59H51N3. The van der Waals surface area contributed by atoms with Gasteiger partial charge in [0.2, 0.25) is 0 Å². The van der Waals surface area contributed by atoms with E-state index in [0.29, 0.717) is 5.71 Å². The Morgan fingerprint density at radius 3 is 2.31 bits per heavy atom. The van der Waals surface area contributed by atoms with Crippen molar-refractivity contribution in [3.05, 3.63) is 227 Å². The van der Waals surface area contributed by atoms with Crippen LogP contribution in [0.4, 0.5) is 0 Å². The van der Waals surface area contributed by atoms with Crippen molar-refractivity contribution in [1.82, 2.24) is 9.13 Å². The highest BCUT2D eigenvalue weighted by atomic mass is 15.0. The van der Waals surface area contributed by atoms with Crippen LogP contribution in [0.2, 0.25) is 0 Å². The molecule has 4 aliphatic carbocycles. The summed E-state index contributed by atoms with van der Waals surface area (Å²) >= 11 is 0. The van der Waals surface area contributed by atoms with Gasteiger partial charge in [-0.3, -0.25) is 0 Å². The summed E-state index contributed by atoms with van der Waals surface area (Å²) in [6.07, 6.45) is 34.9. The Labute approximate surface area is 364 Å². The van der Waals surface area contributed by atoms with Crippen LogP contribution in [0.3, 0.4) is 0 Å². The van der Waals surface area contributed by atoms with Gasteiger partial charge in [-0.15, -0.1) is 0 Å². The summed E-state index contributed by atoms with van der Waals surface area (Å²) in [6, 6.07) is 43.9. The third-order valence-electron chi connectivity index (χ3n) is 13.5. The normalized spacial score (nSPS) is 17.5. The Balaban J connectivity index is 0.904. The maximum absolute atomic E-state index is 8.98. The predicted octanol–water partition coefficient (Wildman–Crippen LogP) is 15.4. The van der Waals surface area contributed by atoms with E-state index in [0.717, 1.165) is 63.4 Å². The first-order valence-electron chi connectivity index (χ1n) is 22.6. The minimum absolute atomic E-state index is 0.266. The van der Waals surface area contributed by atoms with E-state index in [-0.39, 0.29) is 5.92 Å². The highest BCUT2D eigenvalue weighted by molar-refractivity contribution is 6.10. The maximum Gasteiger partial charge on any atom is 0.0615 e. The molecule has 0 radical (unpaired) electrons. The van der Waals surface area contributed by atoms with E-state index in [1.165, 1.54) is 88.8 Å². The van der Waals surface area contributed by atoms with Gasteiger partial charge in [0.05, 0.1) is 22.3 Å². The van der Waals surface area contributed by atoms with Crippen LogP contribution in [0, 0.1) is 5.41 Å². The minimum Gasteiger partial charge on any atom is -0.310 e. The lowest BCUT2D eigenvalue weighted by Crippen LogP contribution is -2.06. The average Bonchev–Trinajstić information content (AvgIpc) is 3.86. The molecule has 7 aromatic rings. The number of benzene rings is 5. The molecule has 11 rings (SSSR count). The lowest BCUT2D eigenvalue weighted by atomic mass is 9.85. The highest BCUT2D eigenvalue weighted by Crippen LogP contribution is 2.43. The first-order valence-corrected chi connectivity index (χ1v) is 22.6. The number of nitrogens with zero attached hydrogens (tertiary/aromatic N) is 2. The summed E-state index contributed by atoms with van der Waals surface area (Å²) in [5.74, 6) is 0.266. The summed E-state index contributed by atoms with van der Waals surface area (Å²) < 4.78 is 4.99. The first-order chi connectivity index (χ1) is 30.7. The molecule has 62 heavy (non-hydrogen) atoms. The molecule has 1 N–H and O–H groups in total. The van der Waals surface area contributed by atoms with Crippen LogP contribution >= 0.6 is 0 Å². The zero-order valence-electron chi connectivity index (χ0n) is 35.2. The van der Waals surface area contributed by atoms with Crippen molar-refractivity contribution in [2.75, 3.05) is 0 Å². The van der Waals surface area contributed by atoms with Gasteiger partial charge in [0.25, 0.3) is 0 Å². The molecule has 0 fully saturated rings. The SMILES string of the molecule is N=C(C=C(CCC1=CCCC=C1c1ccc2c(c1)c1c(n2C2=CCC(c3cccc4c5ccccc5n(-c5ccccc5)c34)C=C2)C=CCC1)C1=CC=CCC1)c1ccccc1. The fourth-order valence-corrected chi connectivity index (χ4v) is 10.5. The quantitative estimate of drug-likeness (QED) is 0.134. The Hall–Kier alpha value is -6.97. The van der Waals surface area contributed by atoms with Gasteiger partial charge >= 0.3 is 0 Å². The standard InChI is InChI=1S/C59H51N3/c60-55(44-20-6-2-7-21-44)40-45(41-17-4-1-5-18-41)32-31-42-19-10-11-24-49(42)46-35-38-58-54(39-46)52-26-13-14-29-56(52)61(58)48-36-33-43(34-37-48)50-27-16-28-53-51-25-12-15-30-57(51)62(59(50)53)47-22-8-3-9-23-47/h1-4,6-9,12,14-17,19-25,27-30,33,35-40,43,60H,5,10-11,13,18,26,31-32,34H2. The highest BCUT2D eigenvalue weighted by Gasteiger charge is 2.25. The molecule has 1 unspecified atom stereocenters. The Morgan fingerprint density at radius 1 is 0.677 bits per heavy atom. The van der Waals surface area contributed by atoms with Crippen LogP contribution in [0.15, 0.2) is 199 Å². The Kier molecular flexibility index (Phi) is 10.1. The largest absolute Gasteiger partial charge is 0.310 e. The molecule has 0 amide bonds. The summed E-state index contributed by atoms with van der Waals surface area (Å²) in [4.78, 5) is 0. The van der Waals surface area contributed by atoms with Crippen LogP contribution in [-0.4, -0.2) is 14.8 Å². The van der Waals surface area contributed by atoms with E-state index < -0.39 is 0 Å². The van der Waals surface area contributed by atoms with Crippen LogP contribution in [0.25, 0.3) is 55.7 Å². The molecule has 2 aromatic heterocycles. The van der Waals surface area contributed by atoms with E-state index in [1.54, 1.807) is 0 Å². The van der Waals surface area contributed by atoms with Crippen LogP contribution in [0.1, 0.15) is 85.2 Å². The number of hydrogen-bond donors (Lipinski definition) is 1. The van der Waals surface area contributed by atoms with Gasteiger partial charge < -0.3 is 14.5 Å². The lowest BCUT2D eigenvalue weighted by molar-refractivity contribution is 0.850. The molecule has 3 heteroatoms. The third-order valence-corrected chi connectivity index (χ3v) is 13.5. The summed E-state index contributed by atoms with van der Waals surface area (Å²) in [5.41, 5.74) is 18.8. The molecule has 0 aliphatic heterocycles. The number of nitrogens with one attached hydrogen (secondary N) is 1. The van der Waals surface area contributed by atoms with Gasteiger partial charge in [0.15, 0.2) is 0 Å². The molecule has 2 heterocycles. The minimum atomic E-state index is 0.266. The van der Waals surface area contributed by atoms with Crippen LogP contribution in [0.5, 0.6) is 0 Å². The van der Waals surface area contributed by atoms with Crippen molar-refractivity contribution in [2.24, 2.45) is 0 Å². The van der Waals surface area contributed by atoms with Gasteiger partial charge in [-0.25, -0.2) is 0 Å². The molecule has 0 saturated carbocycles. The molecule has 0 spiro atoms. The fourth-order valence-electron chi connectivity index (χ4n) is 10.5. The fraction of sp³-hybridized carbons (Fsp3) is 0.169. The van der Waals surface area contributed by atoms with Crippen LogP contribution in [-0.2, 0) is 6.42 Å². The molecule has 302 valence electrons. The monoisotopic (exact) mass is 801 g/mol. The van der Waals surface area contributed by atoms with E-state index in [2.05, 4.69) is 167 Å². The van der Waals surface area contributed by atoms with Crippen molar-refractivity contribution in [2.45, 2.75) is 63.7 Å². The van der Waals surface area contributed by atoms with Gasteiger partial charge in [0, 0.05) is 39.2 Å². The second kappa shape index (κ2) is 16.5. The molecule has 0 saturated heterocycles. The number of aromatic nitrogens is 2. The Morgan fingerprint density at radius 2 is 1.47 bits per heavy atom. The number of para-hydroxylation sites is 3. The number of rotatable bonds is 10. The number of hydrogen-bond acceptors (Lipinski definition) is 1. The molecule has 3 nitrogen and oxygen atoms in total. The van der Waals surface area contributed by atoms with Crippen molar-refractivity contribution in [3.8, 4) is 5.69 Å². The number of aryl methyl sites for hydroxylation is 1. The summed E-state index contributed by atoms with van der Waals surface area (Å²) in [5, 5.41) is 13.0. The van der Waals surface area contributed by atoms with Gasteiger partial charge in [-0.1, -0.05) is 140 Å². The number of allylic oxidation sites excluding steroid dienone is 15. The first kappa shape index (κ1) is 38.0. The lowest BCUT2D eigenvalue weighted by Gasteiger charge is -2.21. The van der Waals surface area contributed by atoms with Gasteiger partial charge in [-0.2, -0.15) is 0 Å². The Bertz CT molecular complexity index is 3150. The zero-order valence-corrected chi connectivity index (χ0v) is 35.2. The van der Waals surface area contributed by atoms with E-state index in [9.17, 15) is 0 Å². The third kappa shape index (κ3) is 6.92. The molecule has 1 atom stereocenters. The molecular weight excluding hydrogens is 751 g/mol. The van der Waals surface area contributed by atoms with E-state index in [1.807, 2.05) is 30.3 Å². The molecule has 5 aromatic carbocycles. The number of fused-ring (bicyclic) bond motifs is 6. The van der Waals surface area contributed by atoms with Crippen molar-refractivity contribution in [1.29, 1.82) is 5.41 Å². The topological polar surface area (TPSA) is 33.7 Å². The van der Waals surface area contributed by atoms with E-state index in [4.69, 9.17) is 5.41 Å². The maximum atomic E-state index is 8.98. The van der Waals surface area contributed by atoms with Crippen molar-refractivity contribution < 1.29 is 0 Å². The van der Waals surface area contributed by atoms with Gasteiger partial charge in [-0.05, 0) is 151 Å². The van der Waals surface area contributed by atoms with Crippen molar-refractivity contribution in [3.63, 3.8) is 0 Å². The zero-order chi connectivity index (χ0) is 41.4. The second-order valence-electron chi connectivity index (χ2n) is 17.2. The average molecular weight is 802 g/mol. The smallest absolute Gasteiger partial charge is 0.0615 e. The van der Waals surface area contributed by atoms with Crippen LogP contribution < -0.4 is 0 Å². The summed E-state index contributed by atoms with van der Waals surface area (Å²) in [7, 11) is 0. The summed E-state index contributed by atoms with van der Waals surface area (Å²) in [6.45, 7) is 0. The van der Waals surface area contributed by atoms with Crippen molar-refractivity contribution >= 4 is 55.8 Å². The molecule has 4 aliphatic rings. The van der Waals surface area contributed by atoms with E-state index >= 15 is 0 Å². The van der Waals surface area contributed by atoms with Gasteiger partial charge in [0.1, 0.15) is 0 Å². The second-order valence-corrected chi connectivity index (χ2v) is 17.2. The molecule has 0 bridgehead atoms. The predicted molar refractivity (Wildman–Crippen MR) is 263 cm³/mol.